The number of aryl methyl sites for hydroxylation is 1. The summed E-state index contributed by atoms with van der Waals surface area (Å²) >= 11 is 6.00. The summed E-state index contributed by atoms with van der Waals surface area (Å²) in [6, 6.07) is 19.9. The number of esters is 1. The van der Waals surface area contributed by atoms with Crippen molar-refractivity contribution in [1.82, 2.24) is 9.78 Å². The second-order valence-electron chi connectivity index (χ2n) is 7.93. The number of aromatic nitrogens is 2. The molecule has 0 saturated heterocycles. The van der Waals surface area contributed by atoms with Gasteiger partial charge in [-0.2, -0.15) is 5.10 Å². The molecule has 0 aliphatic heterocycles. The number of nitrogens with zero attached hydrogens (tertiary/aromatic N) is 2. The second kappa shape index (κ2) is 10.9. The van der Waals surface area contributed by atoms with Gasteiger partial charge in [0.1, 0.15) is 12.4 Å². The largest absolute Gasteiger partial charge is 0.489 e. The first-order valence-corrected chi connectivity index (χ1v) is 11.3. The Kier molecular flexibility index (Phi) is 7.48. The zero-order valence-corrected chi connectivity index (χ0v) is 20.1. The molecule has 0 fully saturated rings. The van der Waals surface area contributed by atoms with Crippen LogP contribution in [-0.4, -0.2) is 28.8 Å². The van der Waals surface area contributed by atoms with Gasteiger partial charge < -0.3 is 14.8 Å². The molecule has 1 N–H and O–H groups in total. The van der Waals surface area contributed by atoms with Crippen molar-refractivity contribution in [1.29, 1.82) is 0 Å². The van der Waals surface area contributed by atoms with Crippen LogP contribution in [0.25, 0.3) is 0 Å². The lowest BCUT2D eigenvalue weighted by Gasteiger charge is -2.10. The molecular formula is C27H24ClN3O4. The quantitative estimate of drug-likeness (QED) is 0.330. The Bertz CT molecular complexity index is 1370. The average Bonchev–Trinajstić information content (AvgIpc) is 3.30. The van der Waals surface area contributed by atoms with Gasteiger partial charge in [0.25, 0.3) is 5.91 Å². The van der Waals surface area contributed by atoms with Crippen LogP contribution in [0.2, 0.25) is 5.02 Å². The van der Waals surface area contributed by atoms with Crippen molar-refractivity contribution in [2.24, 2.45) is 0 Å². The number of methoxy groups -OCH3 is 1. The molecule has 0 aliphatic rings. The summed E-state index contributed by atoms with van der Waals surface area (Å²) in [4.78, 5) is 24.8. The normalized spacial score (nSPS) is 10.6. The summed E-state index contributed by atoms with van der Waals surface area (Å²) in [6.45, 7) is 2.61. The number of amides is 1. The van der Waals surface area contributed by atoms with E-state index in [2.05, 4.69) is 10.4 Å². The van der Waals surface area contributed by atoms with Crippen LogP contribution in [0.4, 0.5) is 5.69 Å². The Labute approximate surface area is 208 Å². The van der Waals surface area contributed by atoms with Gasteiger partial charge in [-0.25, -0.2) is 4.79 Å². The molecule has 8 heteroatoms. The Balaban J connectivity index is 1.40. The molecule has 3 aromatic carbocycles. The van der Waals surface area contributed by atoms with Gasteiger partial charge in [0.2, 0.25) is 0 Å². The molecule has 0 atom stereocenters. The molecule has 0 saturated carbocycles. The fraction of sp³-hybridized carbons (Fsp3) is 0.148. The van der Waals surface area contributed by atoms with Crippen LogP contribution < -0.4 is 10.1 Å². The lowest BCUT2D eigenvalue weighted by Crippen LogP contribution is -2.12. The number of carbonyl (C=O) groups excluding carboxylic acids is 2. The Morgan fingerprint density at radius 2 is 1.89 bits per heavy atom. The van der Waals surface area contributed by atoms with E-state index in [0.717, 1.165) is 22.4 Å². The van der Waals surface area contributed by atoms with Crippen LogP contribution in [0, 0.1) is 6.92 Å². The number of benzene rings is 3. The molecule has 0 unspecified atom stereocenters. The number of hydrogen-bond acceptors (Lipinski definition) is 5. The lowest BCUT2D eigenvalue weighted by atomic mass is 10.1. The molecule has 4 aromatic rings. The maximum atomic E-state index is 12.8. The highest BCUT2D eigenvalue weighted by Crippen LogP contribution is 2.23. The summed E-state index contributed by atoms with van der Waals surface area (Å²) in [7, 11) is 1.35. The highest BCUT2D eigenvalue weighted by molar-refractivity contribution is 6.30. The summed E-state index contributed by atoms with van der Waals surface area (Å²) < 4.78 is 12.4. The van der Waals surface area contributed by atoms with Gasteiger partial charge in [-0.15, -0.1) is 0 Å². The van der Waals surface area contributed by atoms with Crippen molar-refractivity contribution in [2.75, 3.05) is 12.4 Å². The minimum atomic E-state index is -0.406. The van der Waals surface area contributed by atoms with Gasteiger partial charge in [0, 0.05) is 16.8 Å². The highest BCUT2D eigenvalue weighted by Gasteiger charge is 2.13. The van der Waals surface area contributed by atoms with Crippen LogP contribution in [0.1, 0.15) is 37.4 Å². The first-order valence-electron chi connectivity index (χ1n) is 10.9. The van der Waals surface area contributed by atoms with Crippen molar-refractivity contribution in [2.45, 2.75) is 20.1 Å². The van der Waals surface area contributed by atoms with E-state index < -0.39 is 5.97 Å². The third-order valence-corrected chi connectivity index (χ3v) is 5.60. The molecule has 178 valence electrons. The van der Waals surface area contributed by atoms with E-state index in [4.69, 9.17) is 21.1 Å². The van der Waals surface area contributed by atoms with Crippen molar-refractivity contribution in [3.05, 3.63) is 112 Å². The van der Waals surface area contributed by atoms with E-state index >= 15 is 0 Å². The fourth-order valence-electron chi connectivity index (χ4n) is 3.60. The number of ether oxygens (including phenoxy) is 2. The standard InChI is InChI=1S/C27H24ClN3O4/c1-18-12-22(28)10-11-25(18)35-17-19-6-5-8-20(13-19)26(32)30-23-14-29-31(16-23)15-21-7-3-4-9-24(21)27(33)34-2/h3-14,16H,15,17H2,1-2H3,(H,30,32). The Morgan fingerprint density at radius 1 is 1.06 bits per heavy atom. The molecule has 0 bridgehead atoms. The predicted molar refractivity (Wildman–Crippen MR) is 134 cm³/mol. The third kappa shape index (κ3) is 6.07. The fourth-order valence-corrected chi connectivity index (χ4v) is 3.82. The van der Waals surface area contributed by atoms with Crippen molar-refractivity contribution in [3.63, 3.8) is 0 Å². The first-order chi connectivity index (χ1) is 16.9. The smallest absolute Gasteiger partial charge is 0.338 e. The number of carbonyl (C=O) groups is 2. The maximum absolute atomic E-state index is 12.8. The van der Waals surface area contributed by atoms with Crippen molar-refractivity contribution < 1.29 is 19.1 Å². The first kappa shape index (κ1) is 24.0. The van der Waals surface area contributed by atoms with Gasteiger partial charge >= 0.3 is 5.97 Å². The molecule has 35 heavy (non-hydrogen) atoms. The van der Waals surface area contributed by atoms with Gasteiger partial charge in [0.05, 0.1) is 31.1 Å². The minimum absolute atomic E-state index is 0.260. The van der Waals surface area contributed by atoms with Crippen LogP contribution >= 0.6 is 11.6 Å². The maximum Gasteiger partial charge on any atom is 0.338 e. The number of anilines is 1. The van der Waals surface area contributed by atoms with Gasteiger partial charge in [0.15, 0.2) is 0 Å². The van der Waals surface area contributed by atoms with Gasteiger partial charge in [-0.05, 0) is 60.0 Å². The van der Waals surface area contributed by atoms with Crippen molar-refractivity contribution >= 4 is 29.2 Å². The SMILES string of the molecule is COC(=O)c1ccccc1Cn1cc(NC(=O)c2cccc(COc3ccc(Cl)cc3C)c2)cn1. The Hall–Kier alpha value is -4.10. The van der Waals surface area contributed by atoms with E-state index in [-0.39, 0.29) is 5.91 Å². The van der Waals surface area contributed by atoms with E-state index in [0.29, 0.717) is 35.0 Å². The second-order valence-corrected chi connectivity index (χ2v) is 8.36. The highest BCUT2D eigenvalue weighted by atomic mass is 35.5. The molecule has 4 rings (SSSR count). The molecule has 0 spiro atoms. The van der Waals surface area contributed by atoms with Crippen LogP contribution in [0.3, 0.4) is 0 Å². The van der Waals surface area contributed by atoms with Crippen molar-refractivity contribution in [3.8, 4) is 5.75 Å². The summed E-state index contributed by atoms with van der Waals surface area (Å²) in [6.07, 6.45) is 3.27. The summed E-state index contributed by atoms with van der Waals surface area (Å²) in [5, 5.41) is 7.82. The average molecular weight is 490 g/mol. The summed E-state index contributed by atoms with van der Waals surface area (Å²) in [5.41, 5.74) is 4.10. The van der Waals surface area contributed by atoms with Crippen LogP contribution in [0.5, 0.6) is 5.75 Å². The van der Waals surface area contributed by atoms with Gasteiger partial charge in [-0.1, -0.05) is 41.9 Å². The van der Waals surface area contributed by atoms with E-state index in [1.807, 2.05) is 43.3 Å². The molecule has 1 amide bonds. The molecular weight excluding hydrogens is 466 g/mol. The minimum Gasteiger partial charge on any atom is -0.489 e. The zero-order chi connectivity index (χ0) is 24.8. The molecule has 1 aromatic heterocycles. The molecule has 0 radical (unpaired) electrons. The third-order valence-electron chi connectivity index (χ3n) is 5.37. The number of rotatable bonds is 8. The van der Waals surface area contributed by atoms with Crippen LogP contribution in [0.15, 0.2) is 79.1 Å². The molecule has 0 aliphatic carbocycles. The monoisotopic (exact) mass is 489 g/mol. The number of nitrogens with one attached hydrogen (secondary N) is 1. The molecule has 7 nitrogen and oxygen atoms in total. The van der Waals surface area contributed by atoms with Gasteiger partial charge in [-0.3, -0.25) is 9.48 Å². The Morgan fingerprint density at radius 3 is 2.69 bits per heavy atom. The predicted octanol–water partition coefficient (Wildman–Crippen LogP) is 5.51. The van der Waals surface area contributed by atoms with E-state index in [1.165, 1.54) is 7.11 Å². The number of hydrogen-bond donors (Lipinski definition) is 1. The van der Waals surface area contributed by atoms with E-state index in [1.54, 1.807) is 47.4 Å². The summed E-state index contributed by atoms with van der Waals surface area (Å²) in [5.74, 6) is 0.0749. The number of halogens is 1. The van der Waals surface area contributed by atoms with E-state index in [9.17, 15) is 9.59 Å². The molecule has 1 heterocycles. The zero-order valence-electron chi connectivity index (χ0n) is 19.3. The topological polar surface area (TPSA) is 82.5 Å². The van der Waals surface area contributed by atoms with Crippen LogP contribution in [-0.2, 0) is 17.9 Å². The lowest BCUT2D eigenvalue weighted by molar-refractivity contribution is 0.0599.